The number of carbonyl (C=O) groups excluding carboxylic acids is 1. The summed E-state index contributed by atoms with van der Waals surface area (Å²) in [6.45, 7) is 0.0642. The summed E-state index contributed by atoms with van der Waals surface area (Å²) in [5.41, 5.74) is 0.756. The second-order valence-electron chi connectivity index (χ2n) is 4.98. The van der Waals surface area contributed by atoms with Gasteiger partial charge in [0.15, 0.2) is 0 Å². The van der Waals surface area contributed by atoms with Crippen LogP contribution < -0.4 is 9.47 Å². The highest BCUT2D eigenvalue weighted by molar-refractivity contribution is 5.63. The fraction of sp³-hybridized carbons (Fsp3) is 0.0500. The van der Waals surface area contributed by atoms with E-state index in [1.165, 1.54) is 0 Å². The Labute approximate surface area is 140 Å². The summed E-state index contributed by atoms with van der Waals surface area (Å²) in [7, 11) is 0. The van der Waals surface area contributed by atoms with Gasteiger partial charge in [0, 0.05) is 5.56 Å². The summed E-state index contributed by atoms with van der Waals surface area (Å²) in [6, 6.07) is 25.6. The molecule has 0 aromatic heterocycles. The first-order valence-corrected chi connectivity index (χ1v) is 7.52. The van der Waals surface area contributed by atoms with E-state index in [1.807, 2.05) is 60.7 Å². The van der Waals surface area contributed by atoms with Crippen molar-refractivity contribution >= 4 is 6.16 Å². The van der Waals surface area contributed by atoms with Crippen molar-refractivity contribution in [3.63, 3.8) is 0 Å². The maximum absolute atomic E-state index is 11.8. The van der Waals surface area contributed by atoms with Crippen molar-refractivity contribution in [1.29, 1.82) is 0 Å². The van der Waals surface area contributed by atoms with Crippen LogP contribution in [0.25, 0.3) is 0 Å². The van der Waals surface area contributed by atoms with Crippen LogP contribution in [0.1, 0.15) is 5.56 Å². The molecule has 0 aliphatic carbocycles. The summed E-state index contributed by atoms with van der Waals surface area (Å²) in [6.07, 6.45) is -0.754. The Balaban J connectivity index is 1.62. The Bertz CT molecular complexity index is 785. The van der Waals surface area contributed by atoms with Crippen molar-refractivity contribution in [3.8, 4) is 17.2 Å². The molecule has 4 nitrogen and oxygen atoms in total. The second-order valence-corrected chi connectivity index (χ2v) is 4.98. The minimum Gasteiger partial charge on any atom is -0.457 e. The van der Waals surface area contributed by atoms with Crippen LogP contribution in [0.5, 0.6) is 17.2 Å². The Kier molecular flexibility index (Phi) is 5.10. The summed E-state index contributed by atoms with van der Waals surface area (Å²) in [5.74, 6) is 1.80. The van der Waals surface area contributed by atoms with Crippen LogP contribution in [0, 0.1) is 0 Å². The van der Waals surface area contributed by atoms with Crippen molar-refractivity contribution in [2.45, 2.75) is 6.61 Å². The van der Waals surface area contributed by atoms with Crippen molar-refractivity contribution in [3.05, 3.63) is 90.5 Å². The highest BCUT2D eigenvalue weighted by Crippen LogP contribution is 2.25. The highest BCUT2D eigenvalue weighted by atomic mass is 16.7. The lowest BCUT2D eigenvalue weighted by Crippen LogP contribution is -2.10. The summed E-state index contributed by atoms with van der Waals surface area (Å²) in [5, 5.41) is 0. The first-order valence-electron chi connectivity index (χ1n) is 7.52. The molecule has 0 amide bonds. The van der Waals surface area contributed by atoms with Gasteiger partial charge in [-0.1, -0.05) is 54.6 Å². The fourth-order valence-corrected chi connectivity index (χ4v) is 2.09. The van der Waals surface area contributed by atoms with E-state index in [9.17, 15) is 4.79 Å². The van der Waals surface area contributed by atoms with E-state index in [2.05, 4.69) is 0 Å². The van der Waals surface area contributed by atoms with E-state index in [1.54, 1.807) is 24.3 Å². The smallest absolute Gasteiger partial charge is 0.457 e. The standard InChI is InChI=1S/C20H16O4/c21-20(24-18-12-5-2-6-13-18)22-15-16-9-7-8-14-19(16)23-17-10-3-1-4-11-17/h1-14H,15H2. The second kappa shape index (κ2) is 7.83. The molecule has 0 saturated heterocycles. The Morgan fingerprint density at radius 3 is 2.00 bits per heavy atom. The number of carbonyl (C=O) groups is 1. The first kappa shape index (κ1) is 15.6. The molecule has 0 unspecified atom stereocenters. The quantitative estimate of drug-likeness (QED) is 0.479. The number of benzene rings is 3. The maximum atomic E-state index is 11.8. The van der Waals surface area contributed by atoms with Crippen molar-refractivity contribution in [2.75, 3.05) is 0 Å². The summed E-state index contributed by atoms with van der Waals surface area (Å²) < 4.78 is 16.1. The molecule has 3 aromatic carbocycles. The van der Waals surface area contributed by atoms with Gasteiger partial charge in [0.1, 0.15) is 23.9 Å². The summed E-state index contributed by atoms with van der Waals surface area (Å²) >= 11 is 0. The minimum atomic E-state index is -0.754. The first-order chi connectivity index (χ1) is 11.8. The molecule has 0 aliphatic rings. The number of hydrogen-bond acceptors (Lipinski definition) is 4. The molecule has 0 atom stereocenters. The number of ether oxygens (including phenoxy) is 3. The third-order valence-corrected chi connectivity index (χ3v) is 3.23. The monoisotopic (exact) mass is 320 g/mol. The zero-order valence-corrected chi connectivity index (χ0v) is 12.9. The van der Waals surface area contributed by atoms with Gasteiger partial charge in [-0.15, -0.1) is 0 Å². The average Bonchev–Trinajstić information content (AvgIpc) is 2.63. The molecule has 0 aliphatic heterocycles. The van der Waals surface area contributed by atoms with Gasteiger partial charge < -0.3 is 14.2 Å². The predicted molar refractivity (Wildman–Crippen MR) is 90.2 cm³/mol. The molecule has 24 heavy (non-hydrogen) atoms. The molecule has 4 heteroatoms. The van der Waals surface area contributed by atoms with Gasteiger partial charge in [-0.25, -0.2) is 4.79 Å². The lowest BCUT2D eigenvalue weighted by molar-refractivity contribution is 0.0922. The van der Waals surface area contributed by atoms with E-state index in [0.29, 0.717) is 11.5 Å². The van der Waals surface area contributed by atoms with Gasteiger partial charge >= 0.3 is 6.16 Å². The molecule has 120 valence electrons. The number of para-hydroxylation sites is 3. The Morgan fingerprint density at radius 2 is 1.29 bits per heavy atom. The summed E-state index contributed by atoms with van der Waals surface area (Å²) in [4.78, 5) is 11.8. The Morgan fingerprint density at radius 1 is 0.708 bits per heavy atom. The lowest BCUT2D eigenvalue weighted by atomic mass is 10.2. The third-order valence-electron chi connectivity index (χ3n) is 3.23. The van der Waals surface area contributed by atoms with Crippen LogP contribution in [0.3, 0.4) is 0 Å². The van der Waals surface area contributed by atoms with Gasteiger partial charge in [0.25, 0.3) is 0 Å². The van der Waals surface area contributed by atoms with Crippen molar-refractivity contribution < 1.29 is 19.0 Å². The SMILES string of the molecule is O=C(OCc1ccccc1Oc1ccccc1)Oc1ccccc1. The van der Waals surface area contributed by atoms with Gasteiger partial charge in [0.2, 0.25) is 0 Å². The van der Waals surface area contributed by atoms with Crippen LogP contribution in [0.4, 0.5) is 4.79 Å². The molecule has 0 heterocycles. The van der Waals surface area contributed by atoms with Crippen LogP contribution >= 0.6 is 0 Å². The number of hydrogen-bond donors (Lipinski definition) is 0. The van der Waals surface area contributed by atoms with Crippen molar-refractivity contribution in [2.24, 2.45) is 0 Å². The molecule has 0 bridgehead atoms. The van der Waals surface area contributed by atoms with Crippen LogP contribution in [0.15, 0.2) is 84.9 Å². The van der Waals surface area contributed by atoms with E-state index in [4.69, 9.17) is 14.2 Å². The minimum absolute atomic E-state index is 0.0642. The normalized spacial score (nSPS) is 10.0. The Hall–Kier alpha value is -3.27. The molecule has 0 radical (unpaired) electrons. The molecule has 0 saturated carbocycles. The topological polar surface area (TPSA) is 44.8 Å². The lowest BCUT2D eigenvalue weighted by Gasteiger charge is -2.11. The zero-order chi connectivity index (χ0) is 16.6. The molecule has 0 fully saturated rings. The maximum Gasteiger partial charge on any atom is 0.514 e. The van der Waals surface area contributed by atoms with E-state index >= 15 is 0 Å². The fourth-order valence-electron chi connectivity index (χ4n) is 2.09. The van der Waals surface area contributed by atoms with E-state index in [-0.39, 0.29) is 6.61 Å². The third kappa shape index (κ3) is 4.36. The van der Waals surface area contributed by atoms with Crippen LogP contribution in [0.2, 0.25) is 0 Å². The zero-order valence-electron chi connectivity index (χ0n) is 12.9. The molecule has 3 aromatic rings. The van der Waals surface area contributed by atoms with Gasteiger partial charge in [-0.2, -0.15) is 0 Å². The van der Waals surface area contributed by atoms with E-state index < -0.39 is 6.16 Å². The van der Waals surface area contributed by atoms with Gasteiger partial charge in [-0.05, 0) is 30.3 Å². The van der Waals surface area contributed by atoms with Crippen LogP contribution in [-0.4, -0.2) is 6.16 Å². The molecule has 0 N–H and O–H groups in total. The van der Waals surface area contributed by atoms with E-state index in [0.717, 1.165) is 11.3 Å². The molecular weight excluding hydrogens is 304 g/mol. The molecule has 3 rings (SSSR count). The largest absolute Gasteiger partial charge is 0.514 e. The van der Waals surface area contributed by atoms with Crippen molar-refractivity contribution in [1.82, 2.24) is 0 Å². The predicted octanol–water partition coefficient (Wildman–Crippen LogP) is 5.19. The molecule has 0 spiro atoms. The average molecular weight is 320 g/mol. The van der Waals surface area contributed by atoms with Crippen LogP contribution in [-0.2, 0) is 11.3 Å². The van der Waals surface area contributed by atoms with Gasteiger partial charge in [-0.3, -0.25) is 0 Å². The molecular formula is C20H16O4. The number of rotatable bonds is 5. The van der Waals surface area contributed by atoms with Gasteiger partial charge in [0.05, 0.1) is 0 Å². The highest BCUT2D eigenvalue weighted by Gasteiger charge is 2.10.